The molecule has 0 aromatic rings. The standard InChI is InChI=1S/C16H29NO3S/c1-13-4-2-3-5-14(13)11-20-12-16(18)10-17-15-6-8-21(19)9-7-15/h2-3,13-18H,4-12H2,1H3. The van der Waals surface area contributed by atoms with Crippen molar-refractivity contribution in [2.24, 2.45) is 11.8 Å². The van der Waals surface area contributed by atoms with Crippen molar-refractivity contribution in [3.63, 3.8) is 0 Å². The van der Waals surface area contributed by atoms with Gasteiger partial charge in [-0.2, -0.15) is 0 Å². The van der Waals surface area contributed by atoms with Crippen LogP contribution in [0.1, 0.15) is 32.6 Å². The van der Waals surface area contributed by atoms with Gasteiger partial charge in [0.2, 0.25) is 0 Å². The van der Waals surface area contributed by atoms with Crippen LogP contribution in [0.15, 0.2) is 12.2 Å². The predicted molar refractivity (Wildman–Crippen MR) is 86.8 cm³/mol. The molecular formula is C16H29NO3S. The van der Waals surface area contributed by atoms with E-state index in [-0.39, 0.29) is 0 Å². The second-order valence-electron chi connectivity index (χ2n) is 6.40. The number of allylic oxidation sites excluding steroid dienone is 2. The lowest BCUT2D eigenvalue weighted by molar-refractivity contribution is 0.0118. The van der Waals surface area contributed by atoms with E-state index >= 15 is 0 Å². The van der Waals surface area contributed by atoms with Gasteiger partial charge >= 0.3 is 0 Å². The van der Waals surface area contributed by atoms with Crippen LogP contribution in [0.4, 0.5) is 0 Å². The van der Waals surface area contributed by atoms with E-state index in [0.29, 0.717) is 31.0 Å². The summed E-state index contributed by atoms with van der Waals surface area (Å²) >= 11 is 0. The highest BCUT2D eigenvalue weighted by Crippen LogP contribution is 2.24. The Bertz CT molecular complexity index is 351. The molecule has 1 fully saturated rings. The van der Waals surface area contributed by atoms with Gasteiger partial charge in [-0.1, -0.05) is 19.1 Å². The fourth-order valence-corrected chi connectivity index (χ4v) is 4.25. The van der Waals surface area contributed by atoms with Crippen LogP contribution in [-0.2, 0) is 15.5 Å². The molecule has 1 aliphatic heterocycles. The van der Waals surface area contributed by atoms with Crippen LogP contribution in [0, 0.1) is 11.8 Å². The molecule has 0 saturated carbocycles. The fourth-order valence-electron chi connectivity index (χ4n) is 2.95. The third-order valence-electron chi connectivity index (χ3n) is 4.59. The Balaban J connectivity index is 1.54. The largest absolute Gasteiger partial charge is 0.389 e. The molecule has 2 N–H and O–H groups in total. The van der Waals surface area contributed by atoms with Crippen molar-refractivity contribution in [3.8, 4) is 0 Å². The summed E-state index contributed by atoms with van der Waals surface area (Å²) in [6.45, 7) is 3.98. The maximum Gasteiger partial charge on any atom is 0.0897 e. The highest BCUT2D eigenvalue weighted by Gasteiger charge is 2.20. The molecule has 3 atom stereocenters. The van der Waals surface area contributed by atoms with Gasteiger partial charge in [0.25, 0.3) is 0 Å². The summed E-state index contributed by atoms with van der Waals surface area (Å²) in [5, 5.41) is 13.3. The molecule has 0 amide bonds. The van der Waals surface area contributed by atoms with Crippen molar-refractivity contribution in [3.05, 3.63) is 12.2 Å². The molecule has 1 heterocycles. The summed E-state index contributed by atoms with van der Waals surface area (Å²) in [4.78, 5) is 0. The predicted octanol–water partition coefficient (Wildman–Crippen LogP) is 1.47. The number of rotatable bonds is 7. The SMILES string of the molecule is CC1CC=CCC1COCC(O)CNC1CCS(=O)CC1. The second-order valence-corrected chi connectivity index (χ2v) is 8.10. The average molecular weight is 315 g/mol. The molecule has 1 saturated heterocycles. The minimum absolute atomic E-state index is 0.401. The van der Waals surface area contributed by atoms with Crippen LogP contribution in [0.2, 0.25) is 0 Å². The van der Waals surface area contributed by atoms with Crippen LogP contribution in [0.5, 0.6) is 0 Å². The molecule has 5 heteroatoms. The Morgan fingerprint density at radius 3 is 2.76 bits per heavy atom. The first-order chi connectivity index (χ1) is 10.1. The first-order valence-corrected chi connectivity index (χ1v) is 9.63. The lowest BCUT2D eigenvalue weighted by Gasteiger charge is -2.26. The minimum atomic E-state index is -0.619. The van der Waals surface area contributed by atoms with E-state index in [1.807, 2.05) is 0 Å². The average Bonchev–Trinajstić information content (AvgIpc) is 2.49. The van der Waals surface area contributed by atoms with Gasteiger partial charge in [0, 0.05) is 34.9 Å². The van der Waals surface area contributed by atoms with E-state index < -0.39 is 16.9 Å². The Morgan fingerprint density at radius 1 is 1.33 bits per heavy atom. The lowest BCUT2D eigenvalue weighted by Crippen LogP contribution is -2.41. The Labute approximate surface area is 130 Å². The van der Waals surface area contributed by atoms with Gasteiger partial charge in [-0.3, -0.25) is 4.21 Å². The van der Waals surface area contributed by atoms with Crippen LogP contribution >= 0.6 is 0 Å². The van der Waals surface area contributed by atoms with Crippen molar-refractivity contribution in [1.82, 2.24) is 5.32 Å². The topological polar surface area (TPSA) is 58.6 Å². The van der Waals surface area contributed by atoms with Crippen LogP contribution in [-0.4, -0.2) is 52.7 Å². The molecule has 0 radical (unpaired) electrons. The molecule has 0 aromatic heterocycles. The summed E-state index contributed by atoms with van der Waals surface area (Å²) in [7, 11) is -0.619. The summed E-state index contributed by atoms with van der Waals surface area (Å²) < 4.78 is 17.0. The highest BCUT2D eigenvalue weighted by atomic mass is 32.2. The molecule has 2 aliphatic rings. The van der Waals surface area contributed by atoms with E-state index in [0.717, 1.165) is 43.8 Å². The molecule has 0 spiro atoms. The monoisotopic (exact) mass is 315 g/mol. The molecule has 0 aromatic carbocycles. The molecule has 21 heavy (non-hydrogen) atoms. The maximum atomic E-state index is 11.3. The molecule has 0 bridgehead atoms. The van der Waals surface area contributed by atoms with Gasteiger partial charge in [-0.15, -0.1) is 0 Å². The van der Waals surface area contributed by atoms with Crippen molar-refractivity contribution >= 4 is 10.8 Å². The van der Waals surface area contributed by atoms with Gasteiger partial charge in [0.05, 0.1) is 19.3 Å². The number of ether oxygens (including phenoxy) is 1. The van der Waals surface area contributed by atoms with Gasteiger partial charge in [-0.25, -0.2) is 0 Å². The number of hydrogen-bond donors (Lipinski definition) is 2. The molecule has 2 rings (SSSR count). The lowest BCUT2D eigenvalue weighted by atomic mass is 9.85. The Morgan fingerprint density at radius 2 is 2.05 bits per heavy atom. The van der Waals surface area contributed by atoms with Crippen LogP contribution in [0.3, 0.4) is 0 Å². The van der Waals surface area contributed by atoms with Gasteiger partial charge in [-0.05, 0) is 37.5 Å². The molecule has 122 valence electrons. The highest BCUT2D eigenvalue weighted by molar-refractivity contribution is 7.85. The van der Waals surface area contributed by atoms with E-state index in [2.05, 4.69) is 24.4 Å². The number of aliphatic hydroxyl groups is 1. The first-order valence-electron chi connectivity index (χ1n) is 8.14. The molecule has 1 aliphatic carbocycles. The van der Waals surface area contributed by atoms with E-state index in [4.69, 9.17) is 4.74 Å². The zero-order chi connectivity index (χ0) is 15.1. The number of hydrogen-bond acceptors (Lipinski definition) is 4. The zero-order valence-corrected chi connectivity index (χ0v) is 13.8. The normalized spacial score (nSPS) is 34.8. The summed E-state index contributed by atoms with van der Waals surface area (Å²) in [5.74, 6) is 2.84. The Hall–Kier alpha value is -0.230. The molecule has 3 unspecified atom stereocenters. The number of nitrogens with one attached hydrogen (secondary N) is 1. The van der Waals surface area contributed by atoms with Crippen LogP contribution < -0.4 is 5.32 Å². The van der Waals surface area contributed by atoms with Gasteiger partial charge in [0.1, 0.15) is 0 Å². The molecule has 4 nitrogen and oxygen atoms in total. The van der Waals surface area contributed by atoms with E-state index in [9.17, 15) is 9.32 Å². The van der Waals surface area contributed by atoms with E-state index in [1.165, 1.54) is 0 Å². The first kappa shape index (κ1) is 17.1. The summed E-state index contributed by atoms with van der Waals surface area (Å²) in [6, 6.07) is 0.404. The zero-order valence-electron chi connectivity index (χ0n) is 13.0. The fraction of sp³-hybridized carbons (Fsp3) is 0.875. The van der Waals surface area contributed by atoms with Gasteiger partial charge in [0.15, 0.2) is 0 Å². The quantitative estimate of drug-likeness (QED) is 0.699. The van der Waals surface area contributed by atoms with Crippen molar-refractivity contribution in [2.75, 3.05) is 31.3 Å². The van der Waals surface area contributed by atoms with Crippen molar-refractivity contribution < 1.29 is 14.1 Å². The number of aliphatic hydroxyl groups excluding tert-OH is 1. The minimum Gasteiger partial charge on any atom is -0.389 e. The summed E-state index contributed by atoms with van der Waals surface area (Å²) in [6.07, 6.45) is 8.16. The summed E-state index contributed by atoms with van der Waals surface area (Å²) in [5.41, 5.74) is 0. The van der Waals surface area contributed by atoms with Crippen LogP contribution in [0.25, 0.3) is 0 Å². The smallest absolute Gasteiger partial charge is 0.0897 e. The second kappa shape index (κ2) is 9.03. The molecular weight excluding hydrogens is 286 g/mol. The third kappa shape index (κ3) is 6.19. The van der Waals surface area contributed by atoms with Crippen molar-refractivity contribution in [1.29, 1.82) is 0 Å². The maximum absolute atomic E-state index is 11.3. The van der Waals surface area contributed by atoms with Gasteiger partial charge < -0.3 is 15.2 Å². The van der Waals surface area contributed by atoms with Crippen molar-refractivity contribution in [2.45, 2.75) is 44.8 Å². The van der Waals surface area contributed by atoms with E-state index in [1.54, 1.807) is 0 Å². The third-order valence-corrected chi connectivity index (χ3v) is 5.97. The Kier molecular flexibility index (Phi) is 7.37.